The number of anilines is 2. The van der Waals surface area contributed by atoms with Gasteiger partial charge in [-0.15, -0.1) is 0 Å². The number of aromatic amines is 1. The van der Waals surface area contributed by atoms with E-state index in [0.717, 1.165) is 46.6 Å². The second-order valence-electron chi connectivity index (χ2n) is 6.54. The van der Waals surface area contributed by atoms with Crippen molar-refractivity contribution < 1.29 is 4.39 Å². The number of halogens is 1. The van der Waals surface area contributed by atoms with E-state index < -0.39 is 5.82 Å². The van der Waals surface area contributed by atoms with Gasteiger partial charge in [-0.3, -0.25) is 4.98 Å². The van der Waals surface area contributed by atoms with E-state index in [1.807, 2.05) is 24.4 Å². The maximum Gasteiger partial charge on any atom is 0.163 e. The predicted molar refractivity (Wildman–Crippen MR) is 102 cm³/mol. The van der Waals surface area contributed by atoms with E-state index >= 15 is 0 Å². The molecule has 1 aliphatic rings. The number of pyridine rings is 1. The van der Waals surface area contributed by atoms with Crippen LogP contribution in [-0.4, -0.2) is 26.5 Å². The first-order chi connectivity index (χ1) is 13.3. The number of rotatable bonds is 3. The molecule has 0 saturated heterocycles. The van der Waals surface area contributed by atoms with E-state index in [0.29, 0.717) is 17.9 Å². The summed E-state index contributed by atoms with van der Waals surface area (Å²) in [5.41, 5.74) is 4.57. The van der Waals surface area contributed by atoms with Crippen molar-refractivity contribution in [2.75, 3.05) is 11.9 Å². The van der Waals surface area contributed by atoms with Crippen LogP contribution in [0.25, 0.3) is 22.3 Å². The quantitative estimate of drug-likeness (QED) is 0.521. The highest BCUT2D eigenvalue weighted by atomic mass is 19.1. The van der Waals surface area contributed by atoms with Gasteiger partial charge in [0.2, 0.25) is 0 Å². The molecule has 6 nitrogen and oxygen atoms in total. The van der Waals surface area contributed by atoms with Crippen LogP contribution in [0.1, 0.15) is 11.3 Å². The zero-order chi connectivity index (χ0) is 18.2. The number of hydrogen-bond donors (Lipinski definition) is 3. The molecule has 0 bridgehead atoms. The molecule has 0 radical (unpaired) electrons. The van der Waals surface area contributed by atoms with Crippen molar-refractivity contribution in [1.29, 1.82) is 0 Å². The molecule has 134 valence electrons. The fourth-order valence-electron chi connectivity index (χ4n) is 3.39. The van der Waals surface area contributed by atoms with Crippen molar-refractivity contribution in [2.24, 2.45) is 0 Å². The van der Waals surface area contributed by atoms with Crippen LogP contribution in [0.15, 0.2) is 48.9 Å². The van der Waals surface area contributed by atoms with Crippen molar-refractivity contribution in [2.45, 2.75) is 13.0 Å². The lowest BCUT2D eigenvalue weighted by molar-refractivity contribution is 0.620. The van der Waals surface area contributed by atoms with Gasteiger partial charge in [0.25, 0.3) is 0 Å². The molecule has 27 heavy (non-hydrogen) atoms. The molecule has 3 aromatic heterocycles. The van der Waals surface area contributed by atoms with Gasteiger partial charge in [0, 0.05) is 41.3 Å². The summed E-state index contributed by atoms with van der Waals surface area (Å²) in [7, 11) is 0. The van der Waals surface area contributed by atoms with Gasteiger partial charge in [-0.1, -0.05) is 6.07 Å². The van der Waals surface area contributed by atoms with E-state index in [1.165, 1.54) is 12.3 Å². The number of hydrogen-bond acceptors (Lipinski definition) is 5. The molecular formula is C20H17FN6. The molecule has 4 aromatic rings. The van der Waals surface area contributed by atoms with Crippen LogP contribution in [0, 0.1) is 5.82 Å². The first kappa shape index (κ1) is 15.9. The molecule has 5 rings (SSSR count). The van der Waals surface area contributed by atoms with Gasteiger partial charge in [-0.2, -0.15) is 0 Å². The lowest BCUT2D eigenvalue weighted by Crippen LogP contribution is -2.26. The number of fused-ring (bicyclic) bond motifs is 2. The maximum absolute atomic E-state index is 13.6. The Bertz CT molecular complexity index is 1140. The first-order valence-electron chi connectivity index (χ1n) is 8.82. The largest absolute Gasteiger partial charge is 0.361 e. The van der Waals surface area contributed by atoms with Crippen molar-refractivity contribution in [1.82, 2.24) is 25.3 Å². The lowest BCUT2D eigenvalue weighted by atomic mass is 10.1. The minimum absolute atomic E-state index is 0.404. The van der Waals surface area contributed by atoms with Gasteiger partial charge in [-0.05, 0) is 42.6 Å². The summed E-state index contributed by atoms with van der Waals surface area (Å²) in [6.07, 6.45) is 5.51. The van der Waals surface area contributed by atoms with Crippen LogP contribution in [0.2, 0.25) is 0 Å². The monoisotopic (exact) mass is 360 g/mol. The average Bonchev–Trinajstić information content (AvgIpc) is 3.16. The highest BCUT2D eigenvalue weighted by Crippen LogP contribution is 2.28. The van der Waals surface area contributed by atoms with Crippen LogP contribution in [-0.2, 0) is 13.0 Å². The normalized spacial score (nSPS) is 13.5. The molecule has 1 aromatic carbocycles. The standard InChI is InChI=1S/C20H17FN6/c21-14-7-13(9-23-10-14)19-26-18-11-22-5-4-16(18)20(27-19)25-15-2-1-12-3-6-24-17(12)8-15/h1-3,6-10,22,24H,4-5,11H2,(H,25,26,27). The maximum atomic E-state index is 13.6. The summed E-state index contributed by atoms with van der Waals surface area (Å²) < 4.78 is 13.6. The summed E-state index contributed by atoms with van der Waals surface area (Å²) >= 11 is 0. The van der Waals surface area contributed by atoms with Crippen LogP contribution in [0.4, 0.5) is 15.9 Å². The number of H-pyrrole nitrogens is 1. The highest BCUT2D eigenvalue weighted by Gasteiger charge is 2.19. The molecule has 3 N–H and O–H groups in total. The third-order valence-electron chi connectivity index (χ3n) is 4.72. The van der Waals surface area contributed by atoms with Gasteiger partial charge >= 0.3 is 0 Å². The van der Waals surface area contributed by atoms with E-state index in [-0.39, 0.29) is 0 Å². The Balaban J connectivity index is 1.60. The van der Waals surface area contributed by atoms with E-state index in [1.54, 1.807) is 6.20 Å². The summed E-state index contributed by atoms with van der Waals surface area (Å²) in [6, 6.07) is 9.57. The zero-order valence-electron chi connectivity index (χ0n) is 14.5. The SMILES string of the molecule is Fc1cncc(-c2nc3c(c(Nc4ccc5cc[nH]c5c4)n2)CCNC3)c1. The third-order valence-corrected chi connectivity index (χ3v) is 4.72. The molecule has 0 atom stereocenters. The van der Waals surface area contributed by atoms with Gasteiger partial charge in [0.15, 0.2) is 5.82 Å². The van der Waals surface area contributed by atoms with Gasteiger partial charge in [0.05, 0.1) is 11.9 Å². The fraction of sp³-hybridized carbons (Fsp3) is 0.150. The molecule has 4 heterocycles. The number of nitrogens with zero attached hydrogens (tertiary/aromatic N) is 3. The molecule has 1 aliphatic heterocycles. The molecule has 0 unspecified atom stereocenters. The predicted octanol–water partition coefficient (Wildman–Crippen LogP) is 3.55. The Morgan fingerprint density at radius 2 is 2.04 bits per heavy atom. The third kappa shape index (κ3) is 3.02. The molecule has 7 heteroatoms. The summed E-state index contributed by atoms with van der Waals surface area (Å²) in [6.45, 7) is 1.54. The lowest BCUT2D eigenvalue weighted by Gasteiger charge is -2.21. The molecular weight excluding hydrogens is 343 g/mol. The van der Waals surface area contributed by atoms with Crippen molar-refractivity contribution in [3.8, 4) is 11.4 Å². The molecule has 0 saturated carbocycles. The first-order valence-corrected chi connectivity index (χ1v) is 8.82. The Kier molecular flexibility index (Phi) is 3.79. The topological polar surface area (TPSA) is 78.5 Å². The second-order valence-corrected chi connectivity index (χ2v) is 6.54. The van der Waals surface area contributed by atoms with E-state index in [9.17, 15) is 4.39 Å². The Labute approximate surface area is 154 Å². The Morgan fingerprint density at radius 1 is 1.07 bits per heavy atom. The second kappa shape index (κ2) is 6.44. The molecule has 0 amide bonds. The summed E-state index contributed by atoms with van der Waals surface area (Å²) in [4.78, 5) is 16.5. The number of nitrogens with one attached hydrogen (secondary N) is 3. The van der Waals surface area contributed by atoms with Crippen molar-refractivity contribution in [3.05, 3.63) is 66.0 Å². The highest BCUT2D eigenvalue weighted by molar-refractivity contribution is 5.83. The van der Waals surface area contributed by atoms with Crippen LogP contribution in [0.3, 0.4) is 0 Å². The Morgan fingerprint density at radius 3 is 2.96 bits per heavy atom. The Hall–Kier alpha value is -3.32. The number of benzene rings is 1. The van der Waals surface area contributed by atoms with Crippen LogP contribution < -0.4 is 10.6 Å². The summed E-state index contributed by atoms with van der Waals surface area (Å²) in [5, 5.41) is 7.91. The van der Waals surface area contributed by atoms with Crippen molar-refractivity contribution >= 4 is 22.4 Å². The van der Waals surface area contributed by atoms with Gasteiger partial charge < -0.3 is 15.6 Å². The minimum Gasteiger partial charge on any atom is -0.361 e. The fourth-order valence-corrected chi connectivity index (χ4v) is 3.39. The zero-order valence-corrected chi connectivity index (χ0v) is 14.5. The van der Waals surface area contributed by atoms with Crippen molar-refractivity contribution in [3.63, 3.8) is 0 Å². The molecule has 0 aliphatic carbocycles. The average molecular weight is 360 g/mol. The van der Waals surface area contributed by atoms with Crippen LogP contribution >= 0.6 is 0 Å². The van der Waals surface area contributed by atoms with Gasteiger partial charge in [0.1, 0.15) is 11.6 Å². The van der Waals surface area contributed by atoms with Gasteiger partial charge in [-0.25, -0.2) is 14.4 Å². The van der Waals surface area contributed by atoms with E-state index in [4.69, 9.17) is 4.98 Å². The molecule has 0 fully saturated rings. The smallest absolute Gasteiger partial charge is 0.163 e. The molecule has 0 spiro atoms. The summed E-state index contributed by atoms with van der Waals surface area (Å²) in [5.74, 6) is 0.818. The van der Waals surface area contributed by atoms with E-state index in [2.05, 4.69) is 31.7 Å². The minimum atomic E-state index is -0.404. The number of aromatic nitrogens is 4. The van der Waals surface area contributed by atoms with Crippen LogP contribution in [0.5, 0.6) is 0 Å².